The summed E-state index contributed by atoms with van der Waals surface area (Å²) in [5.41, 5.74) is 1.98. The fourth-order valence-corrected chi connectivity index (χ4v) is 3.43. The van der Waals surface area contributed by atoms with Crippen LogP contribution in [0.15, 0.2) is 30.3 Å². The molecule has 112 valence electrons. The molecular formula is C19H31N. The molecule has 0 saturated heterocycles. The Bertz CT molecular complexity index is 374. The van der Waals surface area contributed by atoms with E-state index in [0.29, 0.717) is 5.41 Å². The summed E-state index contributed by atoms with van der Waals surface area (Å²) in [7, 11) is 0. The number of hydrogen-bond acceptors (Lipinski definition) is 1. The molecule has 1 heteroatoms. The van der Waals surface area contributed by atoms with E-state index >= 15 is 0 Å². The van der Waals surface area contributed by atoms with Gasteiger partial charge in [0.15, 0.2) is 0 Å². The Labute approximate surface area is 125 Å². The van der Waals surface area contributed by atoms with E-state index in [9.17, 15) is 0 Å². The van der Waals surface area contributed by atoms with E-state index < -0.39 is 0 Å². The largest absolute Gasteiger partial charge is 0.314 e. The number of nitrogens with one attached hydrogen (secondary N) is 1. The standard InChI is InChI=1S/C19H31N/c1-4-19(2,3)17-10-12-18(13-11-17)20-15-14-16-8-6-5-7-9-16/h5-9,17-18,20H,4,10-15H2,1-3H3. The van der Waals surface area contributed by atoms with Crippen LogP contribution >= 0.6 is 0 Å². The molecule has 0 aromatic heterocycles. The summed E-state index contributed by atoms with van der Waals surface area (Å²) in [6, 6.07) is 11.6. The van der Waals surface area contributed by atoms with Crippen LogP contribution in [0.4, 0.5) is 0 Å². The highest BCUT2D eigenvalue weighted by atomic mass is 14.9. The van der Waals surface area contributed by atoms with Crippen molar-refractivity contribution in [1.29, 1.82) is 0 Å². The Balaban J connectivity index is 1.67. The van der Waals surface area contributed by atoms with Crippen molar-refractivity contribution in [1.82, 2.24) is 5.32 Å². The average Bonchev–Trinajstić information content (AvgIpc) is 2.49. The molecule has 1 nitrogen and oxygen atoms in total. The van der Waals surface area contributed by atoms with Gasteiger partial charge >= 0.3 is 0 Å². The van der Waals surface area contributed by atoms with Gasteiger partial charge in [-0.05, 0) is 55.5 Å². The summed E-state index contributed by atoms with van der Waals surface area (Å²) >= 11 is 0. The SMILES string of the molecule is CCC(C)(C)C1CCC(NCCc2ccccc2)CC1. The lowest BCUT2D eigenvalue weighted by atomic mass is 9.69. The van der Waals surface area contributed by atoms with Gasteiger partial charge in [-0.1, -0.05) is 57.5 Å². The van der Waals surface area contributed by atoms with Crippen LogP contribution in [-0.4, -0.2) is 12.6 Å². The smallest absolute Gasteiger partial charge is 0.00674 e. The molecule has 0 radical (unpaired) electrons. The Hall–Kier alpha value is -0.820. The third kappa shape index (κ3) is 4.34. The second-order valence-electron chi connectivity index (χ2n) is 7.08. The van der Waals surface area contributed by atoms with Gasteiger partial charge < -0.3 is 5.32 Å². The van der Waals surface area contributed by atoms with E-state index in [1.807, 2.05) is 0 Å². The highest BCUT2D eigenvalue weighted by Crippen LogP contribution is 2.40. The quantitative estimate of drug-likeness (QED) is 0.784. The molecule has 20 heavy (non-hydrogen) atoms. The monoisotopic (exact) mass is 273 g/mol. The zero-order chi connectivity index (χ0) is 14.4. The molecule has 1 saturated carbocycles. The van der Waals surface area contributed by atoms with Crippen molar-refractivity contribution >= 4 is 0 Å². The zero-order valence-corrected chi connectivity index (χ0v) is 13.5. The van der Waals surface area contributed by atoms with Crippen molar-refractivity contribution in [2.24, 2.45) is 11.3 Å². The van der Waals surface area contributed by atoms with E-state index in [0.717, 1.165) is 24.9 Å². The molecule has 0 spiro atoms. The second kappa shape index (κ2) is 7.26. The minimum atomic E-state index is 0.537. The summed E-state index contributed by atoms with van der Waals surface area (Å²) < 4.78 is 0. The summed E-state index contributed by atoms with van der Waals surface area (Å²) in [6.07, 6.45) is 8.00. The topological polar surface area (TPSA) is 12.0 Å². The molecule has 1 N–H and O–H groups in total. The number of hydrogen-bond donors (Lipinski definition) is 1. The van der Waals surface area contributed by atoms with Crippen LogP contribution in [0, 0.1) is 11.3 Å². The van der Waals surface area contributed by atoms with Gasteiger partial charge in [0.2, 0.25) is 0 Å². The van der Waals surface area contributed by atoms with Crippen molar-refractivity contribution in [3.8, 4) is 0 Å². The van der Waals surface area contributed by atoms with Crippen molar-refractivity contribution < 1.29 is 0 Å². The summed E-state index contributed by atoms with van der Waals surface area (Å²) in [4.78, 5) is 0. The molecule has 0 bridgehead atoms. The molecule has 1 aliphatic rings. The van der Waals surface area contributed by atoms with Crippen LogP contribution in [0.2, 0.25) is 0 Å². The van der Waals surface area contributed by atoms with E-state index in [2.05, 4.69) is 56.4 Å². The maximum Gasteiger partial charge on any atom is 0.00674 e. The van der Waals surface area contributed by atoms with E-state index in [-0.39, 0.29) is 0 Å². The van der Waals surface area contributed by atoms with Gasteiger partial charge in [-0.3, -0.25) is 0 Å². The first-order valence-electron chi connectivity index (χ1n) is 8.39. The predicted octanol–water partition coefficient (Wildman–Crippen LogP) is 4.81. The predicted molar refractivity (Wildman–Crippen MR) is 88.0 cm³/mol. The third-order valence-electron chi connectivity index (χ3n) is 5.43. The fourth-order valence-electron chi connectivity index (χ4n) is 3.43. The summed E-state index contributed by atoms with van der Waals surface area (Å²) in [5.74, 6) is 0.930. The van der Waals surface area contributed by atoms with E-state index in [1.54, 1.807) is 0 Å². The lowest BCUT2D eigenvalue weighted by Crippen LogP contribution is -2.37. The van der Waals surface area contributed by atoms with Gasteiger partial charge in [0.05, 0.1) is 0 Å². The van der Waals surface area contributed by atoms with Crippen molar-refractivity contribution in [3.05, 3.63) is 35.9 Å². The summed E-state index contributed by atoms with van der Waals surface area (Å²) in [5, 5.41) is 3.76. The van der Waals surface area contributed by atoms with Crippen LogP contribution in [0.5, 0.6) is 0 Å². The Morgan fingerprint density at radius 2 is 1.70 bits per heavy atom. The first kappa shape index (κ1) is 15.6. The number of rotatable bonds is 6. The minimum absolute atomic E-state index is 0.537. The number of benzene rings is 1. The average molecular weight is 273 g/mol. The van der Waals surface area contributed by atoms with Crippen LogP contribution < -0.4 is 5.32 Å². The van der Waals surface area contributed by atoms with E-state index in [4.69, 9.17) is 0 Å². The van der Waals surface area contributed by atoms with Gasteiger partial charge in [0.1, 0.15) is 0 Å². The van der Waals surface area contributed by atoms with Gasteiger partial charge in [0.25, 0.3) is 0 Å². The van der Waals surface area contributed by atoms with Crippen LogP contribution in [0.1, 0.15) is 58.4 Å². The molecule has 1 fully saturated rings. The van der Waals surface area contributed by atoms with Crippen molar-refractivity contribution in [3.63, 3.8) is 0 Å². The van der Waals surface area contributed by atoms with Crippen LogP contribution in [0.25, 0.3) is 0 Å². The molecular weight excluding hydrogens is 242 g/mol. The molecule has 1 aromatic rings. The highest BCUT2D eigenvalue weighted by molar-refractivity contribution is 5.14. The molecule has 0 unspecified atom stereocenters. The highest BCUT2D eigenvalue weighted by Gasteiger charge is 2.31. The maximum atomic E-state index is 3.76. The minimum Gasteiger partial charge on any atom is -0.314 e. The molecule has 1 aliphatic carbocycles. The van der Waals surface area contributed by atoms with E-state index in [1.165, 1.54) is 37.7 Å². The van der Waals surface area contributed by atoms with Crippen molar-refractivity contribution in [2.45, 2.75) is 65.3 Å². The lowest BCUT2D eigenvalue weighted by molar-refractivity contribution is 0.137. The van der Waals surface area contributed by atoms with Crippen molar-refractivity contribution in [2.75, 3.05) is 6.54 Å². The fraction of sp³-hybridized carbons (Fsp3) is 0.684. The Morgan fingerprint density at radius 1 is 1.05 bits per heavy atom. The van der Waals surface area contributed by atoms with Gasteiger partial charge in [0, 0.05) is 6.04 Å². The molecule has 1 aromatic carbocycles. The Morgan fingerprint density at radius 3 is 2.30 bits per heavy atom. The normalized spacial score (nSPS) is 23.8. The lowest BCUT2D eigenvalue weighted by Gasteiger charge is -2.39. The van der Waals surface area contributed by atoms with Crippen LogP contribution in [0.3, 0.4) is 0 Å². The molecule has 0 heterocycles. The van der Waals surface area contributed by atoms with Gasteiger partial charge in [-0.15, -0.1) is 0 Å². The third-order valence-corrected chi connectivity index (χ3v) is 5.43. The second-order valence-corrected chi connectivity index (χ2v) is 7.08. The summed E-state index contributed by atoms with van der Waals surface area (Å²) in [6.45, 7) is 8.35. The molecule has 2 rings (SSSR count). The molecule has 0 aliphatic heterocycles. The Kier molecular flexibility index (Phi) is 5.65. The molecule has 0 amide bonds. The van der Waals surface area contributed by atoms with Crippen LogP contribution in [-0.2, 0) is 6.42 Å². The first-order valence-corrected chi connectivity index (χ1v) is 8.39. The van der Waals surface area contributed by atoms with Gasteiger partial charge in [-0.2, -0.15) is 0 Å². The first-order chi connectivity index (χ1) is 9.62. The maximum absolute atomic E-state index is 3.76. The van der Waals surface area contributed by atoms with Gasteiger partial charge in [-0.25, -0.2) is 0 Å². The zero-order valence-electron chi connectivity index (χ0n) is 13.5. The molecule has 0 atom stereocenters.